The largest absolute Gasteiger partial charge is 0.289 e. The van der Waals surface area contributed by atoms with E-state index in [1.165, 1.54) is 5.56 Å². The molecule has 0 fully saturated rings. The standard InChI is InChI=1S/C22H22Cl2N4O/c1-13(2)10-15-4-6-16(7-5-15)20-12-21(27-26-20)22(29)28-25-14(3)18-9-8-17(23)11-19(18)24/h4-9,11-13H,10H2,1-3H3,(H,26,27)(H,28,29)/b25-14-. The predicted octanol–water partition coefficient (Wildman–Crippen LogP) is 5.74. The third-order valence-corrected chi connectivity index (χ3v) is 4.91. The maximum atomic E-state index is 12.4. The second-order valence-electron chi connectivity index (χ2n) is 7.22. The number of aromatic amines is 1. The lowest BCUT2D eigenvalue weighted by atomic mass is 10.0. The van der Waals surface area contributed by atoms with Crippen LogP contribution in [0, 0.1) is 5.92 Å². The van der Waals surface area contributed by atoms with E-state index >= 15 is 0 Å². The maximum Gasteiger partial charge on any atom is 0.289 e. The normalized spacial score (nSPS) is 11.7. The quantitative estimate of drug-likeness (QED) is 0.388. The molecule has 150 valence electrons. The van der Waals surface area contributed by atoms with Crippen LogP contribution in [0.3, 0.4) is 0 Å². The van der Waals surface area contributed by atoms with E-state index in [0.717, 1.165) is 12.0 Å². The smallest absolute Gasteiger partial charge is 0.272 e. The van der Waals surface area contributed by atoms with Crippen LogP contribution in [0.25, 0.3) is 11.3 Å². The first-order valence-corrected chi connectivity index (χ1v) is 10.0. The van der Waals surface area contributed by atoms with Gasteiger partial charge in [-0.25, -0.2) is 5.43 Å². The molecule has 3 rings (SSSR count). The molecule has 0 aliphatic carbocycles. The van der Waals surface area contributed by atoms with Gasteiger partial charge in [-0.05, 0) is 43.0 Å². The summed E-state index contributed by atoms with van der Waals surface area (Å²) < 4.78 is 0. The van der Waals surface area contributed by atoms with E-state index in [0.29, 0.717) is 38.6 Å². The molecule has 0 saturated carbocycles. The summed E-state index contributed by atoms with van der Waals surface area (Å²) in [5, 5.41) is 12.1. The van der Waals surface area contributed by atoms with Gasteiger partial charge in [-0.15, -0.1) is 0 Å². The molecule has 0 aliphatic heterocycles. The Balaban J connectivity index is 1.69. The molecule has 2 aromatic carbocycles. The monoisotopic (exact) mass is 428 g/mol. The number of rotatable bonds is 6. The Hall–Kier alpha value is -2.63. The minimum atomic E-state index is -0.385. The Bertz CT molecular complexity index is 1040. The Morgan fingerprint density at radius 2 is 1.86 bits per heavy atom. The van der Waals surface area contributed by atoms with Crippen molar-refractivity contribution in [3.63, 3.8) is 0 Å². The van der Waals surface area contributed by atoms with E-state index in [-0.39, 0.29) is 5.91 Å². The molecule has 0 radical (unpaired) electrons. The fourth-order valence-electron chi connectivity index (χ4n) is 2.91. The molecule has 0 saturated heterocycles. The van der Waals surface area contributed by atoms with Crippen LogP contribution in [0.2, 0.25) is 10.0 Å². The first-order chi connectivity index (χ1) is 13.8. The van der Waals surface area contributed by atoms with Gasteiger partial charge in [0.25, 0.3) is 5.91 Å². The van der Waals surface area contributed by atoms with Gasteiger partial charge in [0.15, 0.2) is 0 Å². The Labute approximate surface area is 180 Å². The highest BCUT2D eigenvalue weighted by Gasteiger charge is 2.12. The van der Waals surface area contributed by atoms with Crippen LogP contribution >= 0.6 is 23.2 Å². The minimum absolute atomic E-state index is 0.324. The highest BCUT2D eigenvalue weighted by Crippen LogP contribution is 2.22. The Morgan fingerprint density at radius 1 is 1.14 bits per heavy atom. The van der Waals surface area contributed by atoms with Gasteiger partial charge in [-0.3, -0.25) is 9.89 Å². The number of carbonyl (C=O) groups excluding carboxylic acids is 1. The number of H-pyrrole nitrogens is 1. The van der Waals surface area contributed by atoms with Gasteiger partial charge in [-0.2, -0.15) is 10.2 Å². The van der Waals surface area contributed by atoms with Crippen molar-refractivity contribution >= 4 is 34.8 Å². The molecule has 1 heterocycles. The van der Waals surface area contributed by atoms with Crippen LogP contribution in [0.5, 0.6) is 0 Å². The van der Waals surface area contributed by atoms with E-state index in [4.69, 9.17) is 23.2 Å². The third kappa shape index (κ3) is 5.46. The van der Waals surface area contributed by atoms with Crippen molar-refractivity contribution in [1.29, 1.82) is 0 Å². The predicted molar refractivity (Wildman–Crippen MR) is 119 cm³/mol. The molecule has 1 aromatic heterocycles. The zero-order valence-corrected chi connectivity index (χ0v) is 18.0. The fraction of sp³-hybridized carbons (Fsp3) is 0.227. The molecule has 0 aliphatic rings. The molecule has 0 unspecified atom stereocenters. The summed E-state index contributed by atoms with van der Waals surface area (Å²) in [4.78, 5) is 12.4. The summed E-state index contributed by atoms with van der Waals surface area (Å²) in [6.45, 7) is 6.14. The highest BCUT2D eigenvalue weighted by atomic mass is 35.5. The van der Waals surface area contributed by atoms with E-state index in [1.807, 2.05) is 12.1 Å². The summed E-state index contributed by atoms with van der Waals surface area (Å²) in [5.74, 6) is 0.220. The van der Waals surface area contributed by atoms with E-state index in [9.17, 15) is 4.79 Å². The summed E-state index contributed by atoms with van der Waals surface area (Å²) >= 11 is 12.1. The van der Waals surface area contributed by atoms with Crippen molar-refractivity contribution in [3.8, 4) is 11.3 Å². The second kappa shape index (κ2) is 9.25. The van der Waals surface area contributed by atoms with Gasteiger partial charge < -0.3 is 0 Å². The highest BCUT2D eigenvalue weighted by molar-refractivity contribution is 6.37. The minimum Gasteiger partial charge on any atom is -0.272 e. The first-order valence-electron chi connectivity index (χ1n) is 9.28. The van der Waals surface area contributed by atoms with Crippen LogP contribution in [0.15, 0.2) is 53.6 Å². The number of hydrazone groups is 1. The van der Waals surface area contributed by atoms with E-state index < -0.39 is 0 Å². The summed E-state index contributed by atoms with van der Waals surface area (Å²) in [5.41, 5.74) is 7.04. The summed E-state index contributed by atoms with van der Waals surface area (Å²) in [6.07, 6.45) is 1.03. The number of nitrogens with zero attached hydrogens (tertiary/aromatic N) is 2. The lowest BCUT2D eigenvalue weighted by Crippen LogP contribution is -2.19. The van der Waals surface area contributed by atoms with Crippen LogP contribution in [-0.2, 0) is 6.42 Å². The van der Waals surface area contributed by atoms with E-state index in [2.05, 4.69) is 46.7 Å². The average molecular weight is 429 g/mol. The van der Waals surface area contributed by atoms with Crippen LogP contribution < -0.4 is 5.43 Å². The molecule has 0 atom stereocenters. The molecule has 1 amide bonds. The van der Waals surface area contributed by atoms with Crippen LogP contribution in [0.1, 0.15) is 42.4 Å². The fourth-order valence-corrected chi connectivity index (χ4v) is 3.45. The average Bonchev–Trinajstić information content (AvgIpc) is 3.16. The number of amides is 1. The molecular formula is C22H22Cl2N4O. The Kier molecular flexibility index (Phi) is 6.72. The number of benzene rings is 2. The lowest BCUT2D eigenvalue weighted by molar-refractivity contribution is 0.0950. The van der Waals surface area contributed by atoms with Gasteiger partial charge in [0, 0.05) is 16.1 Å². The van der Waals surface area contributed by atoms with Gasteiger partial charge in [-0.1, -0.05) is 67.4 Å². The number of halogens is 2. The third-order valence-electron chi connectivity index (χ3n) is 4.36. The molecule has 29 heavy (non-hydrogen) atoms. The lowest BCUT2D eigenvalue weighted by Gasteiger charge is -2.05. The second-order valence-corrected chi connectivity index (χ2v) is 8.07. The SMILES string of the molecule is C/C(=N/NC(=O)c1cc(-c2ccc(CC(C)C)cc2)n[nH]1)c1ccc(Cl)cc1Cl. The molecule has 3 aromatic rings. The van der Waals surface area contributed by atoms with Crippen molar-refractivity contribution in [3.05, 3.63) is 75.4 Å². The molecule has 2 N–H and O–H groups in total. The van der Waals surface area contributed by atoms with Crippen molar-refractivity contribution < 1.29 is 4.79 Å². The number of hydrogen-bond donors (Lipinski definition) is 2. The summed E-state index contributed by atoms with van der Waals surface area (Å²) in [7, 11) is 0. The molecule has 0 bridgehead atoms. The van der Waals surface area contributed by atoms with Crippen molar-refractivity contribution in [2.75, 3.05) is 0 Å². The zero-order chi connectivity index (χ0) is 21.0. The molecule has 7 heteroatoms. The number of hydrogen-bond acceptors (Lipinski definition) is 3. The number of nitrogens with one attached hydrogen (secondary N) is 2. The van der Waals surface area contributed by atoms with Gasteiger partial charge in [0.1, 0.15) is 5.69 Å². The Morgan fingerprint density at radius 3 is 2.52 bits per heavy atom. The molecule has 5 nitrogen and oxygen atoms in total. The van der Waals surface area contributed by atoms with Crippen LogP contribution in [-0.4, -0.2) is 21.8 Å². The van der Waals surface area contributed by atoms with Crippen LogP contribution in [0.4, 0.5) is 0 Å². The van der Waals surface area contributed by atoms with Crippen molar-refractivity contribution in [2.24, 2.45) is 11.0 Å². The van der Waals surface area contributed by atoms with Gasteiger partial charge >= 0.3 is 0 Å². The zero-order valence-electron chi connectivity index (χ0n) is 16.5. The summed E-state index contributed by atoms with van der Waals surface area (Å²) in [6, 6.07) is 15.0. The van der Waals surface area contributed by atoms with Gasteiger partial charge in [0.2, 0.25) is 0 Å². The molecular weight excluding hydrogens is 407 g/mol. The maximum absolute atomic E-state index is 12.4. The van der Waals surface area contributed by atoms with E-state index in [1.54, 1.807) is 31.2 Å². The number of carbonyl (C=O) groups is 1. The van der Waals surface area contributed by atoms with Crippen molar-refractivity contribution in [2.45, 2.75) is 27.2 Å². The first kappa shape index (κ1) is 21.1. The molecule has 0 spiro atoms. The topological polar surface area (TPSA) is 70.1 Å². The van der Waals surface area contributed by atoms with Crippen molar-refractivity contribution in [1.82, 2.24) is 15.6 Å². The van der Waals surface area contributed by atoms with Gasteiger partial charge in [0.05, 0.1) is 16.4 Å². The number of aromatic nitrogens is 2.